The zero-order chi connectivity index (χ0) is 16.9. The molecule has 3 rings (SSSR count). The van der Waals surface area contributed by atoms with Crippen LogP contribution >= 0.6 is 0 Å². The van der Waals surface area contributed by atoms with Crippen LogP contribution in [-0.2, 0) is 11.3 Å². The number of hydrogen-bond donors (Lipinski definition) is 2. The van der Waals surface area contributed by atoms with Gasteiger partial charge in [-0.05, 0) is 17.7 Å². The Labute approximate surface area is 142 Å². The van der Waals surface area contributed by atoms with Crippen molar-refractivity contribution in [1.82, 2.24) is 15.5 Å². The zero-order valence-corrected chi connectivity index (χ0v) is 14.0. The van der Waals surface area contributed by atoms with E-state index in [0.717, 1.165) is 29.3 Å². The highest BCUT2D eigenvalue weighted by Crippen LogP contribution is 2.18. The fraction of sp³-hybridized carbons (Fsp3) is 0.211. The molecule has 5 heteroatoms. The predicted octanol–water partition coefficient (Wildman–Crippen LogP) is 2.49. The normalized spacial score (nSPS) is 20.1. The third-order valence-electron chi connectivity index (χ3n) is 3.90. The Morgan fingerprint density at radius 1 is 1.29 bits per heavy atom. The Balaban J connectivity index is 1.77. The second-order valence-corrected chi connectivity index (χ2v) is 5.66. The van der Waals surface area contributed by atoms with Gasteiger partial charge in [-0.2, -0.15) is 0 Å². The van der Waals surface area contributed by atoms with Crippen LogP contribution in [0.15, 0.2) is 83.4 Å². The van der Waals surface area contributed by atoms with Gasteiger partial charge in [0.15, 0.2) is 0 Å². The third-order valence-corrected chi connectivity index (χ3v) is 3.90. The SMILES string of the molecule is C=C1C=CC(C2=NC(OC)NC(NCc3ccccc3)=C2)=CN1C. The summed E-state index contributed by atoms with van der Waals surface area (Å²) in [4.78, 5) is 6.56. The fourth-order valence-corrected chi connectivity index (χ4v) is 2.46. The minimum Gasteiger partial charge on any atom is -0.368 e. The first-order valence-corrected chi connectivity index (χ1v) is 7.84. The lowest BCUT2D eigenvalue weighted by Gasteiger charge is -2.26. The van der Waals surface area contributed by atoms with Gasteiger partial charge in [0.05, 0.1) is 5.71 Å². The van der Waals surface area contributed by atoms with Gasteiger partial charge in [0.2, 0.25) is 6.35 Å². The summed E-state index contributed by atoms with van der Waals surface area (Å²) in [6.07, 6.45) is 7.60. The number of methoxy groups -OCH3 is 1. The zero-order valence-electron chi connectivity index (χ0n) is 14.0. The lowest BCUT2D eigenvalue weighted by Crippen LogP contribution is -2.39. The molecule has 2 heterocycles. The molecular weight excluding hydrogens is 300 g/mol. The van der Waals surface area contributed by atoms with Gasteiger partial charge in [0, 0.05) is 44.2 Å². The summed E-state index contributed by atoms with van der Waals surface area (Å²) < 4.78 is 5.38. The van der Waals surface area contributed by atoms with Crippen molar-refractivity contribution >= 4 is 5.71 Å². The van der Waals surface area contributed by atoms with Crippen LogP contribution in [0.4, 0.5) is 0 Å². The minimum absolute atomic E-state index is 0.409. The number of rotatable bonds is 5. The maximum Gasteiger partial charge on any atom is 0.226 e. The van der Waals surface area contributed by atoms with Crippen molar-refractivity contribution in [2.24, 2.45) is 4.99 Å². The molecule has 5 nitrogen and oxygen atoms in total. The number of nitrogens with one attached hydrogen (secondary N) is 2. The molecule has 1 aromatic rings. The van der Waals surface area contributed by atoms with Crippen LogP contribution in [0.5, 0.6) is 0 Å². The Kier molecular flexibility index (Phi) is 4.82. The molecule has 124 valence electrons. The lowest BCUT2D eigenvalue weighted by atomic mass is 10.1. The standard InChI is InChI=1S/C19H22N4O/c1-14-9-10-16(13-23(14)2)17-11-18(22-19(21-17)24-3)20-12-15-7-5-4-6-8-15/h4-11,13,19-20,22H,1,12H2,2-3H3. The summed E-state index contributed by atoms with van der Waals surface area (Å²) in [5, 5.41) is 6.62. The van der Waals surface area contributed by atoms with Crippen LogP contribution in [0.25, 0.3) is 0 Å². The molecule has 0 bridgehead atoms. The van der Waals surface area contributed by atoms with Crippen LogP contribution in [0.3, 0.4) is 0 Å². The Morgan fingerprint density at radius 3 is 2.79 bits per heavy atom. The number of aliphatic imine (C=N–C) groups is 1. The molecule has 1 atom stereocenters. The van der Waals surface area contributed by atoms with Crippen molar-refractivity contribution in [3.8, 4) is 0 Å². The van der Waals surface area contributed by atoms with E-state index >= 15 is 0 Å². The summed E-state index contributed by atoms with van der Waals surface area (Å²) >= 11 is 0. The van der Waals surface area contributed by atoms with Crippen molar-refractivity contribution < 1.29 is 4.74 Å². The van der Waals surface area contributed by atoms with Crippen molar-refractivity contribution in [3.05, 3.63) is 84.0 Å². The van der Waals surface area contributed by atoms with E-state index in [2.05, 4.69) is 34.3 Å². The summed E-state index contributed by atoms with van der Waals surface area (Å²) in [6.45, 7) is 4.70. The molecule has 2 N–H and O–H groups in total. The van der Waals surface area contributed by atoms with E-state index in [0.29, 0.717) is 0 Å². The van der Waals surface area contributed by atoms with Crippen molar-refractivity contribution in [2.75, 3.05) is 14.2 Å². The molecule has 0 aliphatic carbocycles. The first-order valence-electron chi connectivity index (χ1n) is 7.84. The maximum absolute atomic E-state index is 5.38. The van der Waals surface area contributed by atoms with Gasteiger partial charge in [0.25, 0.3) is 0 Å². The largest absolute Gasteiger partial charge is 0.368 e. The van der Waals surface area contributed by atoms with Crippen LogP contribution in [0.2, 0.25) is 0 Å². The average Bonchev–Trinajstić information content (AvgIpc) is 2.63. The number of likely N-dealkylation sites (N-methyl/N-ethyl adjacent to an activating group) is 1. The first-order chi connectivity index (χ1) is 11.7. The fourth-order valence-electron chi connectivity index (χ4n) is 2.46. The molecule has 1 unspecified atom stereocenters. The molecular formula is C19H22N4O. The van der Waals surface area contributed by atoms with E-state index in [-0.39, 0.29) is 0 Å². The predicted molar refractivity (Wildman–Crippen MR) is 96.9 cm³/mol. The number of ether oxygens (including phenoxy) is 1. The summed E-state index contributed by atoms with van der Waals surface area (Å²) in [5.74, 6) is 0.886. The topological polar surface area (TPSA) is 48.9 Å². The molecule has 2 aliphatic rings. The second kappa shape index (κ2) is 7.19. The molecule has 0 amide bonds. The molecule has 0 aromatic heterocycles. The summed E-state index contributed by atoms with van der Waals surface area (Å²) in [6, 6.07) is 10.3. The minimum atomic E-state index is -0.409. The van der Waals surface area contributed by atoms with E-state index in [1.807, 2.05) is 54.6 Å². The van der Waals surface area contributed by atoms with Crippen molar-refractivity contribution in [3.63, 3.8) is 0 Å². The summed E-state index contributed by atoms with van der Waals surface area (Å²) in [7, 11) is 3.61. The van der Waals surface area contributed by atoms with Crippen LogP contribution in [0.1, 0.15) is 5.56 Å². The highest BCUT2D eigenvalue weighted by atomic mass is 16.5. The molecule has 0 radical (unpaired) electrons. The smallest absolute Gasteiger partial charge is 0.226 e. The lowest BCUT2D eigenvalue weighted by molar-refractivity contribution is 0.0871. The summed E-state index contributed by atoms with van der Waals surface area (Å²) in [5.41, 5.74) is 4.05. The maximum atomic E-state index is 5.38. The van der Waals surface area contributed by atoms with E-state index < -0.39 is 6.35 Å². The highest BCUT2D eigenvalue weighted by Gasteiger charge is 2.18. The molecule has 24 heavy (non-hydrogen) atoms. The van der Waals surface area contributed by atoms with E-state index in [1.165, 1.54) is 5.56 Å². The molecule has 1 aromatic carbocycles. The first kappa shape index (κ1) is 16.1. The number of allylic oxidation sites excluding steroid dienone is 4. The Bertz CT molecular complexity index is 731. The third kappa shape index (κ3) is 3.75. The van der Waals surface area contributed by atoms with Crippen molar-refractivity contribution in [2.45, 2.75) is 12.9 Å². The van der Waals surface area contributed by atoms with Crippen molar-refractivity contribution in [1.29, 1.82) is 0 Å². The van der Waals surface area contributed by atoms with Crippen LogP contribution < -0.4 is 10.6 Å². The highest BCUT2D eigenvalue weighted by molar-refractivity contribution is 6.11. The van der Waals surface area contributed by atoms with E-state index in [4.69, 9.17) is 4.74 Å². The number of hydrogen-bond acceptors (Lipinski definition) is 5. The number of benzene rings is 1. The second-order valence-electron chi connectivity index (χ2n) is 5.66. The average molecular weight is 322 g/mol. The van der Waals surface area contributed by atoms with E-state index in [9.17, 15) is 0 Å². The van der Waals surface area contributed by atoms with Gasteiger partial charge in [-0.25, -0.2) is 4.99 Å². The monoisotopic (exact) mass is 322 g/mol. The number of nitrogens with zero attached hydrogens (tertiary/aromatic N) is 2. The van der Waals surface area contributed by atoms with Gasteiger partial charge >= 0.3 is 0 Å². The molecule has 0 spiro atoms. The van der Waals surface area contributed by atoms with Gasteiger partial charge in [-0.3, -0.25) is 0 Å². The Morgan fingerprint density at radius 2 is 2.08 bits per heavy atom. The van der Waals surface area contributed by atoms with Gasteiger partial charge in [0.1, 0.15) is 5.82 Å². The van der Waals surface area contributed by atoms with Gasteiger partial charge in [-0.1, -0.05) is 36.9 Å². The van der Waals surface area contributed by atoms with Crippen LogP contribution in [-0.4, -0.2) is 31.1 Å². The van der Waals surface area contributed by atoms with Gasteiger partial charge in [-0.15, -0.1) is 0 Å². The van der Waals surface area contributed by atoms with Gasteiger partial charge < -0.3 is 20.3 Å². The molecule has 0 saturated carbocycles. The molecule has 0 fully saturated rings. The Hall–Kier alpha value is -2.79. The quantitative estimate of drug-likeness (QED) is 0.874. The van der Waals surface area contributed by atoms with Crippen LogP contribution in [0, 0.1) is 0 Å². The molecule has 2 aliphatic heterocycles. The van der Waals surface area contributed by atoms with E-state index in [1.54, 1.807) is 7.11 Å². The molecule has 0 saturated heterocycles.